The summed E-state index contributed by atoms with van der Waals surface area (Å²) in [6.45, 7) is 7.14. The molecule has 1 aromatic carbocycles. The molecule has 1 aliphatic rings. The number of ether oxygens (including phenoxy) is 1. The molecule has 0 radical (unpaired) electrons. The van der Waals surface area contributed by atoms with Crippen LogP contribution < -0.4 is 10.1 Å². The van der Waals surface area contributed by atoms with Crippen molar-refractivity contribution in [1.82, 2.24) is 10.3 Å². The molecule has 110 valence electrons. The lowest BCUT2D eigenvalue weighted by molar-refractivity contribution is 0.462. The molecule has 2 aromatic rings. The number of aromatic nitrogens is 1. The number of rotatable bonds is 5. The molecule has 1 saturated carbocycles. The van der Waals surface area contributed by atoms with Gasteiger partial charge in [-0.05, 0) is 56.4 Å². The van der Waals surface area contributed by atoms with Crippen molar-refractivity contribution in [2.75, 3.05) is 0 Å². The first-order valence-electron chi connectivity index (χ1n) is 7.56. The van der Waals surface area contributed by atoms with E-state index in [0.29, 0.717) is 6.04 Å². The molecule has 3 heteroatoms. The molecule has 3 rings (SSSR count). The number of aryl methyl sites for hydroxylation is 2. The summed E-state index contributed by atoms with van der Waals surface area (Å²) in [4.78, 5) is 4.21. The van der Waals surface area contributed by atoms with Crippen LogP contribution in [0.15, 0.2) is 30.6 Å². The van der Waals surface area contributed by atoms with Crippen LogP contribution in [0.4, 0.5) is 0 Å². The quantitative estimate of drug-likeness (QED) is 0.898. The van der Waals surface area contributed by atoms with Gasteiger partial charge in [-0.15, -0.1) is 0 Å². The molecular formula is C18H22N2O. The van der Waals surface area contributed by atoms with Crippen molar-refractivity contribution < 1.29 is 4.74 Å². The van der Waals surface area contributed by atoms with Crippen LogP contribution in [0.3, 0.4) is 0 Å². The maximum Gasteiger partial charge on any atom is 0.150 e. The van der Waals surface area contributed by atoms with Gasteiger partial charge < -0.3 is 10.1 Å². The Labute approximate surface area is 126 Å². The lowest BCUT2D eigenvalue weighted by Crippen LogP contribution is -2.15. The minimum absolute atomic E-state index is 0.688. The van der Waals surface area contributed by atoms with E-state index in [-0.39, 0.29) is 0 Å². The number of hydrogen-bond donors (Lipinski definition) is 1. The van der Waals surface area contributed by atoms with Crippen molar-refractivity contribution >= 4 is 0 Å². The Morgan fingerprint density at radius 1 is 1.14 bits per heavy atom. The second-order valence-corrected chi connectivity index (χ2v) is 5.89. The molecule has 1 aliphatic carbocycles. The van der Waals surface area contributed by atoms with Crippen LogP contribution in [0, 0.1) is 20.8 Å². The molecule has 0 saturated heterocycles. The van der Waals surface area contributed by atoms with Crippen LogP contribution in [0.2, 0.25) is 0 Å². The summed E-state index contributed by atoms with van der Waals surface area (Å²) in [6.07, 6.45) is 6.21. The van der Waals surface area contributed by atoms with E-state index in [1.807, 2.05) is 18.5 Å². The van der Waals surface area contributed by atoms with Crippen LogP contribution >= 0.6 is 0 Å². The molecule has 1 heterocycles. The van der Waals surface area contributed by atoms with E-state index in [9.17, 15) is 0 Å². The van der Waals surface area contributed by atoms with Crippen molar-refractivity contribution in [3.05, 3.63) is 52.8 Å². The zero-order chi connectivity index (χ0) is 14.8. The molecule has 21 heavy (non-hydrogen) atoms. The summed E-state index contributed by atoms with van der Waals surface area (Å²) in [6, 6.07) is 6.96. The summed E-state index contributed by atoms with van der Waals surface area (Å²) in [7, 11) is 0. The van der Waals surface area contributed by atoms with Crippen molar-refractivity contribution in [1.29, 1.82) is 0 Å². The normalized spacial score (nSPS) is 14.2. The Bertz CT molecular complexity index is 648. The fraction of sp³-hybridized carbons (Fsp3) is 0.389. The summed E-state index contributed by atoms with van der Waals surface area (Å²) in [5.41, 5.74) is 4.76. The highest BCUT2D eigenvalue weighted by molar-refractivity contribution is 5.47. The molecule has 0 spiro atoms. The molecule has 0 aliphatic heterocycles. The molecule has 3 nitrogen and oxygen atoms in total. The van der Waals surface area contributed by atoms with Gasteiger partial charge in [0.1, 0.15) is 11.5 Å². The maximum atomic E-state index is 6.20. The SMILES string of the molecule is Cc1ccc(C)c(Oc2cnccc2CNC2CC2)c1C. The van der Waals surface area contributed by atoms with Crippen LogP contribution in [0.1, 0.15) is 35.1 Å². The Hall–Kier alpha value is -1.87. The van der Waals surface area contributed by atoms with Crippen LogP contribution in [-0.4, -0.2) is 11.0 Å². The number of nitrogens with one attached hydrogen (secondary N) is 1. The van der Waals surface area contributed by atoms with Gasteiger partial charge in [0.2, 0.25) is 0 Å². The van der Waals surface area contributed by atoms with Gasteiger partial charge in [0.05, 0.1) is 6.20 Å². The summed E-state index contributed by atoms with van der Waals surface area (Å²) < 4.78 is 6.20. The topological polar surface area (TPSA) is 34.1 Å². The summed E-state index contributed by atoms with van der Waals surface area (Å²) in [5.74, 6) is 1.80. The Kier molecular flexibility index (Phi) is 3.93. The maximum absolute atomic E-state index is 6.20. The number of hydrogen-bond acceptors (Lipinski definition) is 3. The fourth-order valence-corrected chi connectivity index (χ4v) is 2.38. The van der Waals surface area contributed by atoms with E-state index in [1.54, 1.807) is 0 Å². The molecule has 0 bridgehead atoms. The summed E-state index contributed by atoms with van der Waals surface area (Å²) >= 11 is 0. The standard InChI is InChI=1S/C18H22N2O/c1-12-4-5-13(2)18(14(12)3)21-17-11-19-9-8-15(17)10-20-16-6-7-16/h4-5,8-9,11,16,20H,6-7,10H2,1-3H3. The van der Waals surface area contributed by atoms with E-state index in [0.717, 1.165) is 29.2 Å². The van der Waals surface area contributed by atoms with Crippen molar-refractivity contribution in [3.8, 4) is 11.5 Å². The third-order valence-corrected chi connectivity index (χ3v) is 4.11. The first kappa shape index (κ1) is 14.1. The summed E-state index contributed by atoms with van der Waals surface area (Å²) in [5, 5.41) is 3.53. The first-order valence-corrected chi connectivity index (χ1v) is 7.56. The molecule has 1 aromatic heterocycles. The Balaban J connectivity index is 1.85. The van der Waals surface area contributed by atoms with Gasteiger partial charge in [0, 0.05) is 24.3 Å². The van der Waals surface area contributed by atoms with Gasteiger partial charge in [-0.1, -0.05) is 12.1 Å². The number of benzene rings is 1. The zero-order valence-electron chi connectivity index (χ0n) is 12.9. The Morgan fingerprint density at radius 3 is 2.67 bits per heavy atom. The lowest BCUT2D eigenvalue weighted by Gasteiger charge is -2.16. The average molecular weight is 282 g/mol. The predicted octanol–water partition coefficient (Wildman–Crippen LogP) is 4.05. The Morgan fingerprint density at radius 2 is 1.90 bits per heavy atom. The van der Waals surface area contributed by atoms with Crippen molar-refractivity contribution in [2.24, 2.45) is 0 Å². The molecule has 0 amide bonds. The lowest BCUT2D eigenvalue weighted by atomic mass is 10.1. The molecule has 0 atom stereocenters. The largest absolute Gasteiger partial charge is 0.455 e. The van der Waals surface area contributed by atoms with E-state index in [1.165, 1.54) is 24.0 Å². The van der Waals surface area contributed by atoms with E-state index in [2.05, 4.69) is 43.2 Å². The van der Waals surface area contributed by atoms with Crippen LogP contribution in [-0.2, 0) is 6.54 Å². The zero-order valence-corrected chi connectivity index (χ0v) is 12.9. The minimum atomic E-state index is 0.688. The first-order chi connectivity index (χ1) is 10.1. The third kappa shape index (κ3) is 3.24. The van der Waals surface area contributed by atoms with Crippen molar-refractivity contribution in [3.63, 3.8) is 0 Å². The number of pyridine rings is 1. The minimum Gasteiger partial charge on any atom is -0.455 e. The fourth-order valence-electron chi connectivity index (χ4n) is 2.38. The third-order valence-electron chi connectivity index (χ3n) is 4.11. The predicted molar refractivity (Wildman–Crippen MR) is 84.8 cm³/mol. The second kappa shape index (κ2) is 5.86. The van der Waals surface area contributed by atoms with Gasteiger partial charge in [0.25, 0.3) is 0 Å². The smallest absolute Gasteiger partial charge is 0.150 e. The van der Waals surface area contributed by atoms with Gasteiger partial charge in [-0.25, -0.2) is 0 Å². The molecule has 0 unspecified atom stereocenters. The molecule has 1 fully saturated rings. The number of nitrogens with zero attached hydrogens (tertiary/aromatic N) is 1. The van der Waals surface area contributed by atoms with Crippen LogP contribution in [0.5, 0.6) is 11.5 Å². The highest BCUT2D eigenvalue weighted by Crippen LogP contribution is 2.32. The molecule has 1 N–H and O–H groups in total. The van der Waals surface area contributed by atoms with E-state index >= 15 is 0 Å². The molecular weight excluding hydrogens is 260 g/mol. The highest BCUT2D eigenvalue weighted by Gasteiger charge is 2.21. The average Bonchev–Trinajstić information content (AvgIpc) is 3.31. The van der Waals surface area contributed by atoms with E-state index < -0.39 is 0 Å². The van der Waals surface area contributed by atoms with Gasteiger partial charge >= 0.3 is 0 Å². The monoisotopic (exact) mass is 282 g/mol. The van der Waals surface area contributed by atoms with Crippen LogP contribution in [0.25, 0.3) is 0 Å². The van der Waals surface area contributed by atoms with E-state index in [4.69, 9.17) is 4.74 Å². The van der Waals surface area contributed by atoms with Gasteiger partial charge in [-0.2, -0.15) is 0 Å². The van der Waals surface area contributed by atoms with Gasteiger partial charge in [0.15, 0.2) is 0 Å². The second-order valence-electron chi connectivity index (χ2n) is 5.89. The highest BCUT2D eigenvalue weighted by atomic mass is 16.5. The van der Waals surface area contributed by atoms with Crippen molar-refractivity contribution in [2.45, 2.75) is 46.2 Å². The van der Waals surface area contributed by atoms with Gasteiger partial charge in [-0.3, -0.25) is 4.98 Å².